The second-order valence-electron chi connectivity index (χ2n) is 4.99. The van der Waals surface area contributed by atoms with E-state index in [-0.39, 0.29) is 0 Å². The van der Waals surface area contributed by atoms with Gasteiger partial charge in [-0.05, 0) is 42.5 Å². The fraction of sp³-hybridized carbons (Fsp3) is 0.500. The average molecular weight is 247 g/mol. The Morgan fingerprint density at radius 3 is 2.56 bits per heavy atom. The summed E-state index contributed by atoms with van der Waals surface area (Å²) in [6.45, 7) is 3.12. The standard InChI is InChI=1S/C14H17NO3/c16-14(17)12-7-11(10-1-2-10)8-13(9-12)15-3-5-18-6-4-15/h7-10H,1-6H2,(H,16,17). The van der Waals surface area contributed by atoms with E-state index in [0.717, 1.165) is 32.0 Å². The largest absolute Gasteiger partial charge is 0.478 e. The number of rotatable bonds is 3. The Morgan fingerprint density at radius 1 is 1.22 bits per heavy atom. The molecule has 2 aliphatic rings. The summed E-state index contributed by atoms with van der Waals surface area (Å²) in [5.41, 5.74) is 2.61. The highest BCUT2D eigenvalue weighted by atomic mass is 16.5. The number of nitrogens with zero attached hydrogens (tertiary/aromatic N) is 1. The van der Waals surface area contributed by atoms with Crippen molar-refractivity contribution in [2.24, 2.45) is 0 Å². The smallest absolute Gasteiger partial charge is 0.335 e. The summed E-state index contributed by atoms with van der Waals surface area (Å²) in [6.07, 6.45) is 2.37. The third-order valence-electron chi connectivity index (χ3n) is 3.61. The minimum Gasteiger partial charge on any atom is -0.478 e. The molecule has 18 heavy (non-hydrogen) atoms. The molecule has 1 aliphatic heterocycles. The Kier molecular flexibility index (Phi) is 2.96. The number of morpholine rings is 1. The predicted molar refractivity (Wildman–Crippen MR) is 68.4 cm³/mol. The van der Waals surface area contributed by atoms with E-state index >= 15 is 0 Å². The van der Waals surface area contributed by atoms with Gasteiger partial charge in [0.25, 0.3) is 0 Å². The molecule has 1 aliphatic carbocycles. The second kappa shape index (κ2) is 4.61. The van der Waals surface area contributed by atoms with E-state index in [1.54, 1.807) is 6.07 Å². The summed E-state index contributed by atoms with van der Waals surface area (Å²) in [5, 5.41) is 9.19. The Balaban J connectivity index is 1.93. The lowest BCUT2D eigenvalue weighted by Gasteiger charge is -2.29. The van der Waals surface area contributed by atoms with Crippen LogP contribution in [0.3, 0.4) is 0 Å². The van der Waals surface area contributed by atoms with E-state index in [2.05, 4.69) is 11.0 Å². The van der Waals surface area contributed by atoms with Crippen LogP contribution in [0.4, 0.5) is 5.69 Å². The fourth-order valence-corrected chi connectivity index (χ4v) is 2.41. The van der Waals surface area contributed by atoms with Gasteiger partial charge in [-0.15, -0.1) is 0 Å². The molecule has 4 nitrogen and oxygen atoms in total. The van der Waals surface area contributed by atoms with E-state index in [0.29, 0.717) is 11.5 Å². The van der Waals surface area contributed by atoms with Crippen LogP contribution in [0.15, 0.2) is 18.2 Å². The second-order valence-corrected chi connectivity index (χ2v) is 4.99. The number of benzene rings is 1. The highest BCUT2D eigenvalue weighted by molar-refractivity contribution is 5.89. The van der Waals surface area contributed by atoms with Crippen molar-refractivity contribution in [3.05, 3.63) is 29.3 Å². The van der Waals surface area contributed by atoms with Crippen LogP contribution >= 0.6 is 0 Å². The molecule has 0 amide bonds. The van der Waals surface area contributed by atoms with E-state index in [1.165, 1.54) is 18.4 Å². The molecule has 2 fully saturated rings. The van der Waals surface area contributed by atoms with E-state index < -0.39 is 5.97 Å². The van der Waals surface area contributed by atoms with Crippen LogP contribution in [-0.2, 0) is 4.74 Å². The SMILES string of the molecule is O=C(O)c1cc(C2CC2)cc(N2CCOCC2)c1. The first-order valence-electron chi connectivity index (χ1n) is 6.45. The van der Waals surface area contributed by atoms with Gasteiger partial charge < -0.3 is 14.7 Å². The van der Waals surface area contributed by atoms with E-state index in [9.17, 15) is 9.90 Å². The van der Waals surface area contributed by atoms with Crippen LogP contribution in [0.25, 0.3) is 0 Å². The van der Waals surface area contributed by atoms with Gasteiger partial charge in [0, 0.05) is 18.8 Å². The normalized spacial score (nSPS) is 19.9. The van der Waals surface area contributed by atoms with Crippen molar-refractivity contribution in [2.75, 3.05) is 31.2 Å². The number of carboxylic acids is 1. The Labute approximate surface area is 106 Å². The average Bonchev–Trinajstić information content (AvgIpc) is 3.23. The van der Waals surface area contributed by atoms with Gasteiger partial charge in [0.05, 0.1) is 18.8 Å². The number of aromatic carboxylic acids is 1. The zero-order valence-electron chi connectivity index (χ0n) is 10.3. The van der Waals surface area contributed by atoms with Crippen molar-refractivity contribution in [2.45, 2.75) is 18.8 Å². The zero-order chi connectivity index (χ0) is 12.5. The lowest BCUT2D eigenvalue weighted by atomic mass is 10.0. The molecule has 0 bridgehead atoms. The summed E-state index contributed by atoms with van der Waals surface area (Å²) < 4.78 is 5.33. The Hall–Kier alpha value is -1.55. The van der Waals surface area contributed by atoms with Gasteiger partial charge in [0.1, 0.15) is 0 Å². The molecule has 1 aromatic carbocycles. The molecule has 0 aromatic heterocycles. The topological polar surface area (TPSA) is 49.8 Å². The van der Waals surface area contributed by atoms with Gasteiger partial charge in [-0.3, -0.25) is 0 Å². The number of carboxylic acid groups (broad SMARTS) is 1. The molecule has 1 saturated carbocycles. The molecule has 0 unspecified atom stereocenters. The summed E-state index contributed by atoms with van der Waals surface area (Å²) in [4.78, 5) is 13.4. The Bertz CT molecular complexity index is 462. The molecular weight excluding hydrogens is 230 g/mol. The first kappa shape index (κ1) is 11.5. The van der Waals surface area contributed by atoms with Gasteiger partial charge in [0.15, 0.2) is 0 Å². The van der Waals surface area contributed by atoms with Gasteiger partial charge >= 0.3 is 5.97 Å². The third-order valence-corrected chi connectivity index (χ3v) is 3.61. The molecule has 0 atom stereocenters. The van der Waals surface area contributed by atoms with E-state index in [1.807, 2.05) is 6.07 Å². The van der Waals surface area contributed by atoms with Crippen molar-refractivity contribution in [1.82, 2.24) is 0 Å². The lowest BCUT2D eigenvalue weighted by molar-refractivity contribution is 0.0697. The third kappa shape index (κ3) is 2.34. The first-order chi connectivity index (χ1) is 8.74. The molecule has 0 radical (unpaired) electrons. The van der Waals surface area contributed by atoms with Gasteiger partial charge in [-0.1, -0.05) is 0 Å². The maximum Gasteiger partial charge on any atom is 0.335 e. The van der Waals surface area contributed by atoms with Crippen molar-refractivity contribution in [3.8, 4) is 0 Å². The fourth-order valence-electron chi connectivity index (χ4n) is 2.41. The molecule has 4 heteroatoms. The molecule has 0 spiro atoms. The lowest BCUT2D eigenvalue weighted by Crippen LogP contribution is -2.36. The van der Waals surface area contributed by atoms with Crippen LogP contribution in [0.2, 0.25) is 0 Å². The van der Waals surface area contributed by atoms with Crippen molar-refractivity contribution in [1.29, 1.82) is 0 Å². The highest BCUT2D eigenvalue weighted by Gasteiger charge is 2.26. The van der Waals surface area contributed by atoms with Crippen LogP contribution in [0.5, 0.6) is 0 Å². The van der Waals surface area contributed by atoms with Crippen LogP contribution in [-0.4, -0.2) is 37.4 Å². The maximum absolute atomic E-state index is 11.2. The summed E-state index contributed by atoms with van der Waals surface area (Å²) in [5.74, 6) is -0.267. The Morgan fingerprint density at radius 2 is 1.94 bits per heavy atom. The summed E-state index contributed by atoms with van der Waals surface area (Å²) >= 11 is 0. The number of carbonyl (C=O) groups is 1. The van der Waals surface area contributed by atoms with Crippen molar-refractivity contribution in [3.63, 3.8) is 0 Å². The van der Waals surface area contributed by atoms with Crippen LogP contribution in [0.1, 0.15) is 34.7 Å². The molecule has 1 aromatic rings. The minimum absolute atomic E-state index is 0.404. The molecule has 3 rings (SSSR count). The van der Waals surface area contributed by atoms with Crippen LogP contribution < -0.4 is 4.90 Å². The molecule has 1 N–H and O–H groups in total. The number of hydrogen-bond donors (Lipinski definition) is 1. The number of hydrogen-bond acceptors (Lipinski definition) is 3. The summed E-state index contributed by atoms with van der Waals surface area (Å²) in [6, 6.07) is 5.75. The van der Waals surface area contributed by atoms with Crippen molar-refractivity contribution >= 4 is 11.7 Å². The maximum atomic E-state index is 11.2. The van der Waals surface area contributed by atoms with Crippen LogP contribution in [0, 0.1) is 0 Å². The highest BCUT2D eigenvalue weighted by Crippen LogP contribution is 2.41. The number of ether oxygens (including phenoxy) is 1. The first-order valence-corrected chi connectivity index (χ1v) is 6.45. The monoisotopic (exact) mass is 247 g/mol. The zero-order valence-corrected chi connectivity index (χ0v) is 10.3. The van der Waals surface area contributed by atoms with Gasteiger partial charge in [-0.25, -0.2) is 4.79 Å². The van der Waals surface area contributed by atoms with E-state index in [4.69, 9.17) is 4.74 Å². The molecular formula is C14H17NO3. The molecule has 96 valence electrons. The predicted octanol–water partition coefficient (Wildman–Crippen LogP) is 2.10. The molecule has 1 saturated heterocycles. The minimum atomic E-state index is -0.841. The molecule has 1 heterocycles. The summed E-state index contributed by atoms with van der Waals surface area (Å²) in [7, 11) is 0. The number of anilines is 1. The van der Waals surface area contributed by atoms with Crippen molar-refractivity contribution < 1.29 is 14.6 Å². The van der Waals surface area contributed by atoms with Gasteiger partial charge in [-0.2, -0.15) is 0 Å². The quantitative estimate of drug-likeness (QED) is 0.888. The van der Waals surface area contributed by atoms with Gasteiger partial charge in [0.2, 0.25) is 0 Å².